The summed E-state index contributed by atoms with van der Waals surface area (Å²) in [6.45, 7) is 4.30. The van der Waals surface area contributed by atoms with Gasteiger partial charge >= 0.3 is 21.7 Å². The van der Waals surface area contributed by atoms with Crippen molar-refractivity contribution in [2.75, 3.05) is 0 Å². The summed E-state index contributed by atoms with van der Waals surface area (Å²) in [4.78, 5) is 0. The maximum atomic E-state index is 2.26. The third kappa shape index (κ3) is 4.89. The summed E-state index contributed by atoms with van der Waals surface area (Å²) in [5.41, 5.74) is 2.69. The molecule has 0 aliphatic rings. The SMILES string of the molecule is Cc1cc2c(ccc3ccccc32)[cH-]1.Cc1cc2c(ccc3ccccc32)[cH-]1.[Cl-].[Cl-].[Ti+4]. The van der Waals surface area contributed by atoms with Gasteiger partial charge < -0.3 is 24.8 Å². The second-order valence-electron chi connectivity index (χ2n) is 7.64. The molecule has 0 aliphatic carbocycles. The van der Waals surface area contributed by atoms with Gasteiger partial charge in [0, 0.05) is 0 Å². The number of hydrogen-bond acceptors (Lipinski definition) is 0. The number of aryl methyl sites for hydroxylation is 2. The van der Waals surface area contributed by atoms with E-state index in [2.05, 4.69) is 111 Å². The third-order valence-corrected chi connectivity index (χ3v) is 5.52. The van der Waals surface area contributed by atoms with Crippen LogP contribution < -0.4 is 24.8 Å². The van der Waals surface area contributed by atoms with Crippen molar-refractivity contribution in [3.63, 3.8) is 0 Å². The Morgan fingerprint density at radius 2 is 0.871 bits per heavy atom. The predicted molar refractivity (Wildman–Crippen MR) is 124 cm³/mol. The Bertz CT molecular complexity index is 1330. The molecular weight excluding hydrogens is 455 g/mol. The average Bonchev–Trinajstić information content (AvgIpc) is 3.30. The van der Waals surface area contributed by atoms with Crippen molar-refractivity contribution in [2.45, 2.75) is 13.8 Å². The average molecular weight is 477 g/mol. The molecular formula is C28H22Cl2Ti. The smallest absolute Gasteiger partial charge is 1.00 e. The second-order valence-corrected chi connectivity index (χ2v) is 7.64. The van der Waals surface area contributed by atoms with Gasteiger partial charge in [-0.25, -0.2) is 0 Å². The molecule has 0 bridgehead atoms. The molecule has 0 radical (unpaired) electrons. The van der Waals surface area contributed by atoms with Crippen LogP contribution in [0.5, 0.6) is 0 Å². The van der Waals surface area contributed by atoms with E-state index >= 15 is 0 Å². The molecule has 0 aromatic heterocycles. The first kappa shape index (κ1) is 25.2. The Hall–Kier alpha value is -2.09. The number of hydrogen-bond donors (Lipinski definition) is 0. The van der Waals surface area contributed by atoms with Crippen molar-refractivity contribution in [1.29, 1.82) is 0 Å². The van der Waals surface area contributed by atoms with Crippen molar-refractivity contribution >= 4 is 43.1 Å². The zero-order valence-corrected chi connectivity index (χ0v) is 20.6. The quantitative estimate of drug-likeness (QED) is 0.232. The van der Waals surface area contributed by atoms with E-state index in [1.807, 2.05) is 0 Å². The van der Waals surface area contributed by atoms with Crippen molar-refractivity contribution in [3.8, 4) is 0 Å². The molecule has 152 valence electrons. The van der Waals surface area contributed by atoms with Crippen LogP contribution in [0.1, 0.15) is 11.1 Å². The molecule has 31 heavy (non-hydrogen) atoms. The van der Waals surface area contributed by atoms with E-state index in [4.69, 9.17) is 0 Å². The Morgan fingerprint density at radius 1 is 0.484 bits per heavy atom. The molecule has 0 saturated heterocycles. The molecule has 0 spiro atoms. The first-order valence-electron chi connectivity index (χ1n) is 9.79. The van der Waals surface area contributed by atoms with E-state index in [-0.39, 0.29) is 46.5 Å². The van der Waals surface area contributed by atoms with Crippen LogP contribution in [-0.4, -0.2) is 0 Å². The van der Waals surface area contributed by atoms with Crippen molar-refractivity contribution in [1.82, 2.24) is 0 Å². The zero-order chi connectivity index (χ0) is 19.1. The van der Waals surface area contributed by atoms with Gasteiger partial charge in [-0.1, -0.05) is 85.3 Å². The summed E-state index contributed by atoms with van der Waals surface area (Å²) >= 11 is 0. The van der Waals surface area contributed by atoms with E-state index < -0.39 is 0 Å². The maximum absolute atomic E-state index is 2.26. The minimum absolute atomic E-state index is 0. The van der Waals surface area contributed by atoms with Gasteiger partial charge in [0.2, 0.25) is 0 Å². The van der Waals surface area contributed by atoms with Crippen molar-refractivity contribution < 1.29 is 46.5 Å². The van der Waals surface area contributed by atoms with Gasteiger partial charge in [-0.05, 0) is 10.8 Å². The summed E-state index contributed by atoms with van der Waals surface area (Å²) in [5.74, 6) is 0. The van der Waals surface area contributed by atoms with Crippen LogP contribution in [0.3, 0.4) is 0 Å². The number of halogens is 2. The van der Waals surface area contributed by atoms with Crippen LogP contribution in [0, 0.1) is 13.8 Å². The fourth-order valence-corrected chi connectivity index (χ4v) is 4.23. The molecule has 6 rings (SSSR count). The van der Waals surface area contributed by atoms with Gasteiger partial charge in [-0.15, -0.1) is 56.9 Å². The van der Waals surface area contributed by atoms with E-state index in [0.717, 1.165) is 0 Å². The summed E-state index contributed by atoms with van der Waals surface area (Å²) in [6.07, 6.45) is 0. The van der Waals surface area contributed by atoms with Crippen LogP contribution in [0.4, 0.5) is 0 Å². The van der Waals surface area contributed by atoms with Gasteiger partial charge in [0.05, 0.1) is 0 Å². The molecule has 6 aromatic carbocycles. The van der Waals surface area contributed by atoms with Crippen LogP contribution >= 0.6 is 0 Å². The molecule has 0 fully saturated rings. The largest absolute Gasteiger partial charge is 4.00 e. The summed E-state index contributed by atoms with van der Waals surface area (Å²) < 4.78 is 0. The Kier molecular flexibility index (Phi) is 8.52. The Balaban J connectivity index is 0.000000201. The normalized spacial score (nSPS) is 10.1. The predicted octanol–water partition coefficient (Wildman–Crippen LogP) is 2.05. The molecule has 0 atom stereocenters. The van der Waals surface area contributed by atoms with Crippen molar-refractivity contribution in [3.05, 3.63) is 108 Å². The molecule has 0 aliphatic heterocycles. The first-order chi connectivity index (χ1) is 13.7. The van der Waals surface area contributed by atoms with Crippen LogP contribution in [0.15, 0.2) is 97.1 Å². The van der Waals surface area contributed by atoms with Crippen LogP contribution in [-0.2, 0) is 21.7 Å². The fraction of sp³-hybridized carbons (Fsp3) is 0.0714. The van der Waals surface area contributed by atoms with Gasteiger partial charge in [0.1, 0.15) is 0 Å². The third-order valence-electron chi connectivity index (χ3n) is 5.52. The minimum Gasteiger partial charge on any atom is -1.00 e. The molecule has 0 nitrogen and oxygen atoms in total. The Labute approximate surface area is 210 Å². The van der Waals surface area contributed by atoms with Gasteiger partial charge in [-0.2, -0.15) is 12.1 Å². The Morgan fingerprint density at radius 3 is 1.29 bits per heavy atom. The van der Waals surface area contributed by atoms with E-state index in [1.165, 1.54) is 54.2 Å². The summed E-state index contributed by atoms with van der Waals surface area (Å²) in [6, 6.07) is 34.9. The standard InChI is InChI=1S/2C14H11.2ClH.Ti/c2*1-10-8-12-7-6-11-4-2-3-5-13(11)14(12)9-10;;;/h2*2-9H,1H3;2*1H;/q2*-1;;;+4/p-2. The molecule has 0 saturated carbocycles. The van der Waals surface area contributed by atoms with E-state index in [0.29, 0.717) is 0 Å². The van der Waals surface area contributed by atoms with Crippen LogP contribution in [0.2, 0.25) is 0 Å². The molecule has 3 heteroatoms. The first-order valence-corrected chi connectivity index (χ1v) is 9.79. The van der Waals surface area contributed by atoms with Gasteiger partial charge in [0.15, 0.2) is 0 Å². The molecule has 0 N–H and O–H groups in total. The van der Waals surface area contributed by atoms with E-state index in [1.54, 1.807) is 0 Å². The molecule has 0 unspecified atom stereocenters. The monoisotopic (exact) mass is 476 g/mol. The topological polar surface area (TPSA) is 0 Å². The van der Waals surface area contributed by atoms with Crippen molar-refractivity contribution in [2.24, 2.45) is 0 Å². The number of fused-ring (bicyclic) bond motifs is 6. The van der Waals surface area contributed by atoms with E-state index in [9.17, 15) is 0 Å². The maximum Gasteiger partial charge on any atom is 4.00 e. The number of benzene rings is 4. The minimum atomic E-state index is 0. The molecule has 0 heterocycles. The second kappa shape index (κ2) is 10.5. The van der Waals surface area contributed by atoms with Gasteiger partial charge in [-0.3, -0.25) is 0 Å². The number of rotatable bonds is 0. The van der Waals surface area contributed by atoms with Gasteiger partial charge in [0.25, 0.3) is 0 Å². The zero-order valence-electron chi connectivity index (χ0n) is 17.5. The molecule has 6 aromatic rings. The summed E-state index contributed by atoms with van der Waals surface area (Å²) in [7, 11) is 0. The molecule has 0 amide bonds. The van der Waals surface area contributed by atoms with Crippen LogP contribution in [0.25, 0.3) is 43.1 Å². The summed E-state index contributed by atoms with van der Waals surface area (Å²) in [5, 5.41) is 10.8. The fourth-order valence-electron chi connectivity index (χ4n) is 4.23.